The Morgan fingerprint density at radius 1 is 1.43 bits per heavy atom. The van der Waals surface area contributed by atoms with Gasteiger partial charge in [0.05, 0.1) is 17.8 Å². The first-order valence-electron chi connectivity index (χ1n) is 8.26. The zero-order chi connectivity index (χ0) is 15.1. The number of aromatic nitrogens is 2. The smallest absolute Gasteiger partial charge is 0.236 e. The van der Waals surface area contributed by atoms with Crippen molar-refractivity contribution in [1.29, 1.82) is 0 Å². The molecule has 1 heterocycles. The SMILES string of the molecule is CCCNC(=O)C(C)NCc1ccn(C2CCCCC2)n1. The van der Waals surface area contributed by atoms with Crippen LogP contribution in [0.1, 0.15) is 64.1 Å². The summed E-state index contributed by atoms with van der Waals surface area (Å²) >= 11 is 0. The van der Waals surface area contributed by atoms with Crippen molar-refractivity contribution in [1.82, 2.24) is 20.4 Å². The molecule has 5 nitrogen and oxygen atoms in total. The first-order chi connectivity index (χ1) is 10.2. The summed E-state index contributed by atoms with van der Waals surface area (Å²) in [6.45, 7) is 5.32. The summed E-state index contributed by atoms with van der Waals surface area (Å²) in [7, 11) is 0. The van der Waals surface area contributed by atoms with Gasteiger partial charge in [-0.05, 0) is 32.3 Å². The normalized spacial score (nSPS) is 17.6. The zero-order valence-corrected chi connectivity index (χ0v) is 13.3. The predicted octanol–water partition coefficient (Wildman–Crippen LogP) is 2.39. The summed E-state index contributed by atoms with van der Waals surface area (Å²) in [5, 5.41) is 10.8. The van der Waals surface area contributed by atoms with Crippen LogP contribution in [0.2, 0.25) is 0 Å². The van der Waals surface area contributed by atoms with E-state index in [1.165, 1.54) is 32.1 Å². The van der Waals surface area contributed by atoms with Crippen molar-refractivity contribution in [2.45, 2.75) is 71.0 Å². The fourth-order valence-electron chi connectivity index (χ4n) is 2.77. The molecule has 0 saturated heterocycles. The van der Waals surface area contributed by atoms with Crippen LogP contribution in [-0.2, 0) is 11.3 Å². The summed E-state index contributed by atoms with van der Waals surface area (Å²) in [6, 6.07) is 2.44. The number of nitrogens with zero attached hydrogens (tertiary/aromatic N) is 2. The van der Waals surface area contributed by atoms with Gasteiger partial charge < -0.3 is 10.6 Å². The first kappa shape index (κ1) is 16.0. The summed E-state index contributed by atoms with van der Waals surface area (Å²) < 4.78 is 2.11. The lowest BCUT2D eigenvalue weighted by Gasteiger charge is -2.21. The number of nitrogens with one attached hydrogen (secondary N) is 2. The number of amides is 1. The number of hydrogen-bond acceptors (Lipinski definition) is 3. The van der Waals surface area contributed by atoms with E-state index in [9.17, 15) is 4.79 Å². The fourth-order valence-corrected chi connectivity index (χ4v) is 2.77. The molecule has 1 saturated carbocycles. The molecular weight excluding hydrogens is 264 g/mol. The summed E-state index contributed by atoms with van der Waals surface area (Å²) in [5.74, 6) is 0.0589. The molecule has 1 atom stereocenters. The average Bonchev–Trinajstić information content (AvgIpc) is 3.00. The third-order valence-corrected chi connectivity index (χ3v) is 4.14. The van der Waals surface area contributed by atoms with Crippen LogP contribution in [0, 0.1) is 0 Å². The minimum absolute atomic E-state index is 0.0589. The molecule has 2 rings (SSSR count). The largest absolute Gasteiger partial charge is 0.355 e. The molecule has 5 heteroatoms. The lowest BCUT2D eigenvalue weighted by Crippen LogP contribution is -2.42. The molecule has 2 N–H and O–H groups in total. The molecule has 0 radical (unpaired) electrons. The van der Waals surface area contributed by atoms with Crippen LogP contribution in [0.15, 0.2) is 12.3 Å². The minimum atomic E-state index is -0.184. The van der Waals surface area contributed by atoms with E-state index in [1.54, 1.807) is 0 Å². The molecule has 21 heavy (non-hydrogen) atoms. The second kappa shape index (κ2) is 8.17. The standard InChI is InChI=1S/C16H28N4O/c1-3-10-17-16(21)13(2)18-12-14-9-11-20(19-14)15-7-5-4-6-8-15/h9,11,13,15,18H,3-8,10,12H2,1-2H3,(H,17,21). The maximum Gasteiger partial charge on any atom is 0.236 e. The maximum absolute atomic E-state index is 11.8. The molecule has 1 unspecified atom stereocenters. The molecule has 1 aromatic heterocycles. The Balaban J connectivity index is 1.78. The minimum Gasteiger partial charge on any atom is -0.355 e. The van der Waals surface area contributed by atoms with E-state index >= 15 is 0 Å². The van der Waals surface area contributed by atoms with Gasteiger partial charge in [-0.2, -0.15) is 5.10 Å². The topological polar surface area (TPSA) is 59.0 Å². The van der Waals surface area contributed by atoms with Crippen molar-refractivity contribution in [2.75, 3.05) is 6.54 Å². The highest BCUT2D eigenvalue weighted by Crippen LogP contribution is 2.27. The van der Waals surface area contributed by atoms with Gasteiger partial charge in [0.25, 0.3) is 0 Å². The first-order valence-corrected chi connectivity index (χ1v) is 8.26. The third kappa shape index (κ3) is 4.84. The van der Waals surface area contributed by atoms with E-state index in [4.69, 9.17) is 0 Å². The monoisotopic (exact) mass is 292 g/mol. The van der Waals surface area contributed by atoms with Gasteiger partial charge >= 0.3 is 0 Å². The van der Waals surface area contributed by atoms with Crippen LogP contribution in [0.4, 0.5) is 0 Å². The van der Waals surface area contributed by atoms with Gasteiger partial charge in [0, 0.05) is 19.3 Å². The van der Waals surface area contributed by atoms with Crippen molar-refractivity contribution < 1.29 is 4.79 Å². The molecule has 1 aliphatic rings. The van der Waals surface area contributed by atoms with Crippen molar-refractivity contribution in [2.24, 2.45) is 0 Å². The highest BCUT2D eigenvalue weighted by atomic mass is 16.2. The highest BCUT2D eigenvalue weighted by Gasteiger charge is 2.16. The summed E-state index contributed by atoms with van der Waals surface area (Å²) in [4.78, 5) is 11.8. The Bertz CT molecular complexity index is 437. The summed E-state index contributed by atoms with van der Waals surface area (Å²) in [5.41, 5.74) is 1.01. The number of rotatable bonds is 7. The van der Waals surface area contributed by atoms with Gasteiger partial charge in [-0.25, -0.2) is 0 Å². The molecular formula is C16H28N4O. The summed E-state index contributed by atoms with van der Waals surface area (Å²) in [6.07, 6.45) is 9.50. The average molecular weight is 292 g/mol. The van der Waals surface area contributed by atoms with E-state index in [0.717, 1.165) is 18.7 Å². The number of carbonyl (C=O) groups is 1. The van der Waals surface area contributed by atoms with E-state index in [1.807, 2.05) is 6.92 Å². The number of hydrogen-bond donors (Lipinski definition) is 2. The van der Waals surface area contributed by atoms with Gasteiger partial charge in [0.2, 0.25) is 5.91 Å². The van der Waals surface area contributed by atoms with E-state index < -0.39 is 0 Å². The van der Waals surface area contributed by atoms with Crippen LogP contribution in [-0.4, -0.2) is 28.3 Å². The van der Waals surface area contributed by atoms with E-state index in [-0.39, 0.29) is 11.9 Å². The van der Waals surface area contributed by atoms with Gasteiger partial charge in [-0.1, -0.05) is 26.2 Å². The Kier molecular flexibility index (Phi) is 6.23. The van der Waals surface area contributed by atoms with Crippen LogP contribution >= 0.6 is 0 Å². The third-order valence-electron chi connectivity index (χ3n) is 4.14. The molecule has 0 aromatic carbocycles. The van der Waals surface area contributed by atoms with E-state index in [0.29, 0.717) is 12.6 Å². The second-order valence-electron chi connectivity index (χ2n) is 5.97. The predicted molar refractivity (Wildman–Crippen MR) is 84.0 cm³/mol. The Labute approximate surface area is 127 Å². The maximum atomic E-state index is 11.8. The Morgan fingerprint density at radius 3 is 2.90 bits per heavy atom. The van der Waals surface area contributed by atoms with Gasteiger partial charge in [-0.15, -0.1) is 0 Å². The quantitative estimate of drug-likeness (QED) is 0.811. The number of carbonyl (C=O) groups excluding carboxylic acids is 1. The van der Waals surface area contributed by atoms with E-state index in [2.05, 4.69) is 39.6 Å². The van der Waals surface area contributed by atoms with Crippen molar-refractivity contribution in [3.63, 3.8) is 0 Å². The lowest BCUT2D eigenvalue weighted by atomic mass is 9.96. The Morgan fingerprint density at radius 2 is 2.19 bits per heavy atom. The van der Waals surface area contributed by atoms with Gasteiger partial charge in [0.15, 0.2) is 0 Å². The lowest BCUT2D eigenvalue weighted by molar-refractivity contribution is -0.122. The highest BCUT2D eigenvalue weighted by molar-refractivity contribution is 5.81. The zero-order valence-electron chi connectivity index (χ0n) is 13.3. The van der Waals surface area contributed by atoms with Crippen molar-refractivity contribution in [3.05, 3.63) is 18.0 Å². The molecule has 0 aliphatic heterocycles. The molecule has 0 bridgehead atoms. The molecule has 1 aliphatic carbocycles. The molecule has 1 fully saturated rings. The van der Waals surface area contributed by atoms with Crippen molar-refractivity contribution in [3.8, 4) is 0 Å². The molecule has 0 spiro atoms. The van der Waals surface area contributed by atoms with Crippen LogP contribution in [0.25, 0.3) is 0 Å². The fraction of sp³-hybridized carbons (Fsp3) is 0.750. The van der Waals surface area contributed by atoms with Gasteiger partial charge in [0.1, 0.15) is 0 Å². The van der Waals surface area contributed by atoms with Gasteiger partial charge in [-0.3, -0.25) is 9.48 Å². The van der Waals surface area contributed by atoms with Crippen LogP contribution < -0.4 is 10.6 Å². The molecule has 118 valence electrons. The van der Waals surface area contributed by atoms with Crippen LogP contribution in [0.3, 0.4) is 0 Å². The second-order valence-corrected chi connectivity index (χ2v) is 5.97. The molecule has 1 aromatic rings. The Hall–Kier alpha value is -1.36. The van der Waals surface area contributed by atoms with Crippen molar-refractivity contribution >= 4 is 5.91 Å². The van der Waals surface area contributed by atoms with Crippen LogP contribution in [0.5, 0.6) is 0 Å². The molecule has 1 amide bonds.